The van der Waals surface area contributed by atoms with Crippen LogP contribution in [0.15, 0.2) is 18.2 Å². The molecule has 21 heavy (non-hydrogen) atoms. The molecule has 0 bridgehead atoms. The van der Waals surface area contributed by atoms with Crippen LogP contribution in [-0.4, -0.2) is 24.6 Å². The molecule has 0 aliphatic rings. The number of halogens is 1. The number of carbonyl (C=O) groups excluding carboxylic acids is 1. The molecule has 0 saturated heterocycles. The number of hydrogen-bond donors (Lipinski definition) is 0. The highest BCUT2D eigenvalue weighted by molar-refractivity contribution is 6.29. The molecule has 0 saturated carbocycles. The maximum absolute atomic E-state index is 12.3. The van der Waals surface area contributed by atoms with Crippen LogP contribution in [0.4, 0.5) is 5.69 Å². The third kappa shape index (κ3) is 4.72. The Kier molecular flexibility index (Phi) is 7.76. The number of ether oxygens (including phenoxy) is 1. The number of hydrogen-bond acceptors (Lipinski definition) is 2. The Morgan fingerprint density at radius 2 is 1.81 bits per heavy atom. The Morgan fingerprint density at radius 3 is 2.24 bits per heavy atom. The summed E-state index contributed by atoms with van der Waals surface area (Å²) in [5.41, 5.74) is 3.28. The summed E-state index contributed by atoms with van der Waals surface area (Å²) in [5.74, 6) is -0.152. The van der Waals surface area contributed by atoms with Gasteiger partial charge in [-0.15, -0.1) is 11.6 Å². The van der Waals surface area contributed by atoms with Crippen molar-refractivity contribution in [2.75, 3.05) is 17.5 Å². The van der Waals surface area contributed by atoms with E-state index in [9.17, 15) is 4.79 Å². The monoisotopic (exact) mass is 311 g/mol. The van der Waals surface area contributed by atoms with Gasteiger partial charge >= 0.3 is 0 Å². The van der Waals surface area contributed by atoms with Crippen LogP contribution in [0.1, 0.15) is 45.2 Å². The van der Waals surface area contributed by atoms with Crippen LogP contribution in [0.3, 0.4) is 0 Å². The third-order valence-corrected chi connectivity index (χ3v) is 3.94. The molecule has 1 aromatic rings. The van der Waals surface area contributed by atoms with Crippen molar-refractivity contribution in [2.24, 2.45) is 0 Å². The molecule has 4 heteroatoms. The van der Waals surface area contributed by atoms with E-state index in [-0.39, 0.29) is 24.6 Å². The normalized spacial score (nSPS) is 12.2. The molecule has 1 aromatic carbocycles. The van der Waals surface area contributed by atoms with Crippen molar-refractivity contribution in [2.45, 2.75) is 53.1 Å². The van der Waals surface area contributed by atoms with Crippen molar-refractivity contribution >= 4 is 23.2 Å². The Hall–Kier alpha value is -1.06. The van der Waals surface area contributed by atoms with Gasteiger partial charge in [0, 0.05) is 0 Å². The summed E-state index contributed by atoms with van der Waals surface area (Å²) in [4.78, 5) is 14.0. The number of rotatable bonds is 8. The second-order valence-electron chi connectivity index (χ2n) is 5.10. The lowest BCUT2D eigenvalue weighted by molar-refractivity contribution is -0.117. The van der Waals surface area contributed by atoms with Gasteiger partial charge in [-0.25, -0.2) is 0 Å². The average molecular weight is 312 g/mol. The largest absolute Gasteiger partial charge is 0.358 e. The Balaban J connectivity index is 3.16. The third-order valence-electron chi connectivity index (χ3n) is 3.71. The molecule has 0 spiro atoms. The van der Waals surface area contributed by atoms with Crippen molar-refractivity contribution in [1.82, 2.24) is 0 Å². The summed E-state index contributed by atoms with van der Waals surface area (Å²) >= 11 is 5.79. The summed E-state index contributed by atoms with van der Waals surface area (Å²) in [6.07, 6.45) is 2.78. The summed E-state index contributed by atoms with van der Waals surface area (Å²) in [6.45, 7) is 8.52. The molecular formula is C17H26ClNO2. The Bertz CT molecular complexity index is 440. The van der Waals surface area contributed by atoms with E-state index in [4.69, 9.17) is 16.3 Å². The van der Waals surface area contributed by atoms with Gasteiger partial charge in [0.1, 0.15) is 12.6 Å². The van der Waals surface area contributed by atoms with Gasteiger partial charge in [-0.2, -0.15) is 0 Å². The minimum Gasteiger partial charge on any atom is -0.358 e. The zero-order chi connectivity index (χ0) is 15.8. The van der Waals surface area contributed by atoms with E-state index in [0.717, 1.165) is 36.1 Å². The van der Waals surface area contributed by atoms with E-state index < -0.39 is 0 Å². The zero-order valence-corrected chi connectivity index (χ0v) is 14.2. The Morgan fingerprint density at radius 1 is 1.24 bits per heavy atom. The van der Waals surface area contributed by atoms with Gasteiger partial charge in [0.15, 0.2) is 0 Å². The second-order valence-corrected chi connectivity index (χ2v) is 5.37. The van der Waals surface area contributed by atoms with Gasteiger partial charge < -0.3 is 4.74 Å². The van der Waals surface area contributed by atoms with E-state index in [1.165, 1.54) is 0 Å². The van der Waals surface area contributed by atoms with Gasteiger partial charge in [0.25, 0.3) is 0 Å². The highest BCUT2D eigenvalue weighted by Crippen LogP contribution is 2.27. The average Bonchev–Trinajstić information content (AvgIpc) is 2.53. The number of amides is 1. The molecule has 0 aliphatic heterocycles. The smallest absolute Gasteiger partial charge is 0.243 e. The number of para-hydroxylation sites is 1. The molecular weight excluding hydrogens is 286 g/mol. The topological polar surface area (TPSA) is 29.5 Å². The minimum atomic E-state index is -0.115. The first-order valence-corrected chi connectivity index (χ1v) is 8.21. The Labute approximate surface area is 133 Å². The first kappa shape index (κ1) is 18.0. The first-order valence-electron chi connectivity index (χ1n) is 7.67. The predicted octanol–water partition coefficient (Wildman–Crippen LogP) is 4.16. The summed E-state index contributed by atoms with van der Waals surface area (Å²) in [6, 6.07) is 6.17. The lowest BCUT2D eigenvalue weighted by Gasteiger charge is -2.28. The molecule has 1 rings (SSSR count). The van der Waals surface area contributed by atoms with Crippen molar-refractivity contribution in [3.63, 3.8) is 0 Å². The number of nitrogens with zero attached hydrogens (tertiary/aromatic N) is 1. The molecule has 1 atom stereocenters. The highest BCUT2D eigenvalue weighted by atomic mass is 35.5. The van der Waals surface area contributed by atoms with E-state index in [2.05, 4.69) is 32.9 Å². The van der Waals surface area contributed by atoms with Gasteiger partial charge in [0.2, 0.25) is 5.91 Å². The van der Waals surface area contributed by atoms with Crippen LogP contribution < -0.4 is 4.90 Å². The van der Waals surface area contributed by atoms with Crippen LogP contribution in [0, 0.1) is 0 Å². The first-order chi connectivity index (χ1) is 10.1. The van der Waals surface area contributed by atoms with E-state index >= 15 is 0 Å². The number of alkyl halides is 1. The van der Waals surface area contributed by atoms with Gasteiger partial charge in [-0.1, -0.05) is 39.0 Å². The fourth-order valence-corrected chi connectivity index (χ4v) is 2.36. The summed E-state index contributed by atoms with van der Waals surface area (Å²) in [5, 5.41) is 0. The maximum atomic E-state index is 12.3. The molecule has 3 nitrogen and oxygen atoms in total. The van der Waals surface area contributed by atoms with Crippen LogP contribution in [-0.2, 0) is 22.4 Å². The van der Waals surface area contributed by atoms with Gasteiger partial charge in [0.05, 0.1) is 11.8 Å². The zero-order valence-electron chi connectivity index (χ0n) is 13.5. The fraction of sp³-hybridized carbons (Fsp3) is 0.588. The molecule has 0 heterocycles. The van der Waals surface area contributed by atoms with Crippen molar-refractivity contribution in [3.05, 3.63) is 29.3 Å². The van der Waals surface area contributed by atoms with Gasteiger partial charge in [-0.3, -0.25) is 9.69 Å². The summed E-state index contributed by atoms with van der Waals surface area (Å²) < 4.78 is 5.78. The van der Waals surface area contributed by atoms with Crippen LogP contribution in [0.5, 0.6) is 0 Å². The van der Waals surface area contributed by atoms with Crippen LogP contribution >= 0.6 is 11.6 Å². The van der Waals surface area contributed by atoms with E-state index in [1.54, 1.807) is 4.90 Å². The maximum Gasteiger partial charge on any atom is 0.243 e. The van der Waals surface area contributed by atoms with E-state index in [0.29, 0.717) is 0 Å². The molecule has 0 radical (unpaired) electrons. The van der Waals surface area contributed by atoms with E-state index in [1.807, 2.05) is 13.0 Å². The molecule has 0 N–H and O–H groups in total. The number of aryl methyl sites for hydroxylation is 2. The highest BCUT2D eigenvalue weighted by Gasteiger charge is 2.21. The predicted molar refractivity (Wildman–Crippen MR) is 89.1 cm³/mol. The molecule has 0 aliphatic carbocycles. The standard InChI is InChI=1S/C17H26ClNO2/c1-5-13(4)21-12-19(16(20)11-18)17-14(6-2)9-8-10-15(17)7-3/h8-10,13H,5-7,11-12H2,1-4H3. The number of carbonyl (C=O) groups is 1. The number of benzene rings is 1. The molecule has 1 amide bonds. The molecule has 0 aromatic heterocycles. The lowest BCUT2D eigenvalue weighted by Crippen LogP contribution is -2.36. The van der Waals surface area contributed by atoms with Crippen LogP contribution in [0.2, 0.25) is 0 Å². The SMILES string of the molecule is CCc1cccc(CC)c1N(COC(C)CC)C(=O)CCl. The van der Waals surface area contributed by atoms with Crippen molar-refractivity contribution in [3.8, 4) is 0 Å². The molecule has 118 valence electrons. The second kappa shape index (κ2) is 9.06. The quantitative estimate of drug-likeness (QED) is 0.533. The van der Waals surface area contributed by atoms with Crippen molar-refractivity contribution < 1.29 is 9.53 Å². The van der Waals surface area contributed by atoms with Crippen LogP contribution in [0.25, 0.3) is 0 Å². The molecule has 0 fully saturated rings. The van der Waals surface area contributed by atoms with Crippen molar-refractivity contribution in [1.29, 1.82) is 0 Å². The minimum absolute atomic E-state index is 0.0366. The lowest BCUT2D eigenvalue weighted by atomic mass is 10.0. The van der Waals surface area contributed by atoms with Gasteiger partial charge in [-0.05, 0) is 37.3 Å². The number of anilines is 1. The molecule has 1 unspecified atom stereocenters. The summed E-state index contributed by atoms with van der Waals surface area (Å²) in [7, 11) is 0. The fourth-order valence-electron chi connectivity index (χ4n) is 2.21.